The minimum Gasteiger partial charge on any atom is -0.377 e. The summed E-state index contributed by atoms with van der Waals surface area (Å²) in [7, 11) is 0. The molecular weight excluding hydrogens is 447 g/mol. The third kappa shape index (κ3) is 5.29. The van der Waals surface area contributed by atoms with E-state index in [0.29, 0.717) is 11.3 Å². The third-order valence-electron chi connectivity index (χ3n) is 5.02. The Morgan fingerprint density at radius 2 is 2.16 bits per heavy atom. The van der Waals surface area contributed by atoms with Crippen molar-refractivity contribution >= 4 is 29.1 Å². The van der Waals surface area contributed by atoms with E-state index in [1.807, 2.05) is 0 Å². The highest BCUT2D eigenvalue weighted by Gasteiger charge is 2.47. The normalized spacial score (nSPS) is 18.0. The summed E-state index contributed by atoms with van der Waals surface area (Å²) in [4.78, 5) is 29.7. The largest absolute Gasteiger partial charge is 0.377 e. The smallest absolute Gasteiger partial charge is 0.268 e. The number of nitrogens with zero attached hydrogens (tertiary/aromatic N) is 3. The van der Waals surface area contributed by atoms with Crippen molar-refractivity contribution in [1.82, 2.24) is 15.2 Å². The van der Waals surface area contributed by atoms with Gasteiger partial charge in [0.25, 0.3) is 11.8 Å². The molecule has 0 radical (unpaired) electrons. The Bertz CT molecular complexity index is 1080. The first-order valence-corrected chi connectivity index (χ1v) is 9.99. The van der Waals surface area contributed by atoms with Crippen LogP contribution in [-0.4, -0.2) is 46.8 Å². The van der Waals surface area contributed by atoms with Crippen LogP contribution in [-0.2, 0) is 4.79 Å². The van der Waals surface area contributed by atoms with Gasteiger partial charge >= 0.3 is 0 Å². The van der Waals surface area contributed by atoms with E-state index in [1.54, 1.807) is 19.1 Å². The van der Waals surface area contributed by atoms with Crippen molar-refractivity contribution in [2.45, 2.75) is 31.4 Å². The zero-order chi connectivity index (χ0) is 23.5. The summed E-state index contributed by atoms with van der Waals surface area (Å²) >= 11 is 5.70. The quantitative estimate of drug-likeness (QED) is 0.680. The number of aromatic nitrogens is 1. The molecule has 2 amide bonds. The highest BCUT2D eigenvalue weighted by atomic mass is 35.5. The topological polar surface area (TPSA) is 98.1 Å². The summed E-state index contributed by atoms with van der Waals surface area (Å²) < 4.78 is 40.8. The van der Waals surface area contributed by atoms with Crippen molar-refractivity contribution in [2.75, 3.05) is 18.4 Å². The van der Waals surface area contributed by atoms with Crippen LogP contribution in [0.3, 0.4) is 0 Å². The standard InChI is InChI=1S/C21H19ClF3N5O2/c1-12(13-2-3-16(22)17(23)6-13)29-18-9-27-5-4-15(18)20(32)28-10-19(31)30-11-21(24,25)7-14(30)8-26/h2-6,9,12,14,29H,7,10-11H2,1H3,(H,28,32)/t12?,14-/m0/s1. The Morgan fingerprint density at radius 1 is 1.41 bits per heavy atom. The average Bonchev–Trinajstić information content (AvgIpc) is 3.08. The molecule has 1 aromatic carbocycles. The predicted molar refractivity (Wildman–Crippen MR) is 111 cm³/mol. The number of likely N-dealkylation sites (tertiary alicyclic amines) is 1. The van der Waals surface area contributed by atoms with Gasteiger partial charge in [-0.15, -0.1) is 0 Å². The van der Waals surface area contributed by atoms with Crippen LogP contribution in [0.15, 0.2) is 36.7 Å². The summed E-state index contributed by atoms with van der Waals surface area (Å²) in [6.45, 7) is 0.334. The zero-order valence-corrected chi connectivity index (χ0v) is 17.7. The van der Waals surface area contributed by atoms with Gasteiger partial charge in [0.05, 0.1) is 41.6 Å². The average molecular weight is 466 g/mol. The Labute approximate surface area is 187 Å². The van der Waals surface area contributed by atoms with Gasteiger partial charge in [-0.3, -0.25) is 14.6 Å². The number of rotatable bonds is 6. The molecule has 2 atom stereocenters. The first-order chi connectivity index (χ1) is 15.1. The fourth-order valence-corrected chi connectivity index (χ4v) is 3.47. The van der Waals surface area contributed by atoms with Gasteiger partial charge in [-0.25, -0.2) is 13.2 Å². The number of anilines is 1. The molecule has 1 aromatic heterocycles. The molecule has 7 nitrogen and oxygen atoms in total. The molecule has 2 aromatic rings. The minimum absolute atomic E-state index is 0.0125. The molecule has 1 fully saturated rings. The summed E-state index contributed by atoms with van der Waals surface area (Å²) in [6, 6.07) is 5.77. The van der Waals surface area contributed by atoms with Crippen LogP contribution >= 0.6 is 11.6 Å². The second kappa shape index (κ2) is 9.44. The summed E-state index contributed by atoms with van der Waals surface area (Å²) in [5, 5.41) is 14.4. The summed E-state index contributed by atoms with van der Waals surface area (Å²) in [6.07, 6.45) is 2.04. The van der Waals surface area contributed by atoms with Gasteiger partial charge in [0, 0.05) is 18.7 Å². The van der Waals surface area contributed by atoms with Crippen LogP contribution in [0.2, 0.25) is 5.02 Å². The molecule has 2 N–H and O–H groups in total. The molecule has 0 spiro atoms. The van der Waals surface area contributed by atoms with Crippen molar-refractivity contribution < 1.29 is 22.8 Å². The van der Waals surface area contributed by atoms with E-state index >= 15 is 0 Å². The number of nitrogens with one attached hydrogen (secondary N) is 2. The van der Waals surface area contributed by atoms with E-state index in [0.717, 1.165) is 4.90 Å². The molecule has 3 rings (SSSR count). The van der Waals surface area contributed by atoms with Gasteiger partial charge < -0.3 is 15.5 Å². The number of halogens is 4. The van der Waals surface area contributed by atoms with Crippen molar-refractivity contribution in [3.63, 3.8) is 0 Å². The van der Waals surface area contributed by atoms with E-state index in [4.69, 9.17) is 16.9 Å². The van der Waals surface area contributed by atoms with E-state index in [-0.39, 0.29) is 10.6 Å². The Morgan fingerprint density at radius 3 is 2.84 bits per heavy atom. The molecule has 0 bridgehead atoms. The van der Waals surface area contributed by atoms with Gasteiger partial charge in [0.2, 0.25) is 5.91 Å². The summed E-state index contributed by atoms with van der Waals surface area (Å²) in [5.74, 6) is -5.14. The van der Waals surface area contributed by atoms with Gasteiger partial charge in [-0.2, -0.15) is 5.26 Å². The van der Waals surface area contributed by atoms with E-state index in [1.165, 1.54) is 30.6 Å². The second-order valence-corrected chi connectivity index (χ2v) is 7.78. The van der Waals surface area contributed by atoms with E-state index in [2.05, 4.69) is 15.6 Å². The van der Waals surface area contributed by atoms with Crippen LogP contribution in [0.1, 0.15) is 35.3 Å². The van der Waals surface area contributed by atoms with Crippen LogP contribution in [0.5, 0.6) is 0 Å². The molecule has 0 aliphatic carbocycles. The molecule has 32 heavy (non-hydrogen) atoms. The van der Waals surface area contributed by atoms with Crippen molar-refractivity contribution in [3.05, 3.63) is 58.6 Å². The highest BCUT2D eigenvalue weighted by molar-refractivity contribution is 6.30. The number of benzene rings is 1. The summed E-state index contributed by atoms with van der Waals surface area (Å²) in [5.41, 5.74) is 1.05. The number of nitriles is 1. The van der Waals surface area contributed by atoms with Crippen LogP contribution in [0, 0.1) is 17.1 Å². The maximum atomic E-state index is 13.8. The molecule has 1 aliphatic rings. The lowest BCUT2D eigenvalue weighted by Gasteiger charge is -2.20. The first-order valence-electron chi connectivity index (χ1n) is 9.62. The fraction of sp³-hybridized carbons (Fsp3) is 0.333. The number of alkyl halides is 2. The van der Waals surface area contributed by atoms with Crippen molar-refractivity contribution in [1.29, 1.82) is 5.26 Å². The number of amides is 2. The third-order valence-corrected chi connectivity index (χ3v) is 5.33. The molecule has 168 valence electrons. The Hall–Kier alpha value is -3.32. The number of pyridine rings is 1. The Kier molecular flexibility index (Phi) is 6.89. The van der Waals surface area contributed by atoms with Gasteiger partial charge in [-0.05, 0) is 30.7 Å². The monoisotopic (exact) mass is 465 g/mol. The highest BCUT2D eigenvalue weighted by Crippen LogP contribution is 2.31. The lowest BCUT2D eigenvalue weighted by atomic mass is 10.1. The van der Waals surface area contributed by atoms with Crippen LogP contribution < -0.4 is 10.6 Å². The minimum atomic E-state index is -3.14. The number of hydrogen-bond donors (Lipinski definition) is 2. The van der Waals surface area contributed by atoms with Crippen LogP contribution in [0.4, 0.5) is 18.9 Å². The van der Waals surface area contributed by atoms with Crippen molar-refractivity contribution in [3.8, 4) is 6.07 Å². The van der Waals surface area contributed by atoms with Gasteiger partial charge in [-0.1, -0.05) is 17.7 Å². The Balaban J connectivity index is 1.67. The zero-order valence-electron chi connectivity index (χ0n) is 16.9. The predicted octanol–water partition coefficient (Wildman–Crippen LogP) is 3.54. The maximum Gasteiger partial charge on any atom is 0.268 e. The van der Waals surface area contributed by atoms with E-state index < -0.39 is 55.1 Å². The molecule has 1 unspecified atom stereocenters. The SMILES string of the molecule is CC(Nc1cnccc1C(=O)NCC(=O)N1CC(F)(F)C[C@H]1C#N)c1ccc(Cl)c(F)c1. The second-order valence-electron chi connectivity index (χ2n) is 7.37. The fourth-order valence-electron chi connectivity index (χ4n) is 3.35. The number of carbonyl (C=O) groups is 2. The molecular formula is C21H19ClF3N5O2. The molecule has 1 saturated heterocycles. The van der Waals surface area contributed by atoms with Gasteiger partial charge in [0.1, 0.15) is 11.9 Å². The molecule has 0 saturated carbocycles. The number of carbonyl (C=O) groups excluding carboxylic acids is 2. The molecule has 2 heterocycles. The lowest BCUT2D eigenvalue weighted by molar-refractivity contribution is -0.131. The van der Waals surface area contributed by atoms with Crippen LogP contribution in [0.25, 0.3) is 0 Å². The number of hydrogen-bond acceptors (Lipinski definition) is 5. The van der Waals surface area contributed by atoms with E-state index in [9.17, 15) is 22.8 Å². The molecule has 11 heteroatoms. The van der Waals surface area contributed by atoms with Gasteiger partial charge in [0.15, 0.2) is 0 Å². The van der Waals surface area contributed by atoms with Crippen molar-refractivity contribution in [2.24, 2.45) is 0 Å². The lowest BCUT2D eigenvalue weighted by Crippen LogP contribution is -2.43. The first kappa shape index (κ1) is 23.3. The maximum absolute atomic E-state index is 13.8. The molecule has 1 aliphatic heterocycles.